The van der Waals surface area contributed by atoms with Gasteiger partial charge in [0.15, 0.2) is 0 Å². The van der Waals surface area contributed by atoms with Gasteiger partial charge in [0.2, 0.25) is 5.95 Å². The first kappa shape index (κ1) is 10.0. The summed E-state index contributed by atoms with van der Waals surface area (Å²) >= 11 is 0. The van der Waals surface area contributed by atoms with E-state index in [9.17, 15) is 4.39 Å². The number of nitrogens with zero attached hydrogens (tertiary/aromatic N) is 4. The summed E-state index contributed by atoms with van der Waals surface area (Å²) in [5, 5.41) is 4.31. The molecular weight excluding hydrogens is 219 g/mol. The van der Waals surface area contributed by atoms with Crippen LogP contribution in [0.3, 0.4) is 0 Å². The first-order chi connectivity index (χ1) is 8.16. The minimum Gasteiger partial charge on any atom is -0.275 e. The van der Waals surface area contributed by atoms with Crippen molar-refractivity contribution in [3.05, 3.63) is 42.2 Å². The number of rotatable bonds is 1. The van der Waals surface area contributed by atoms with Gasteiger partial charge in [-0.15, -0.1) is 0 Å². The number of halogens is 1. The second-order valence-electron chi connectivity index (χ2n) is 3.92. The zero-order valence-electron chi connectivity index (χ0n) is 9.48. The molecule has 3 heterocycles. The van der Waals surface area contributed by atoms with Crippen LogP contribution in [-0.2, 0) is 7.05 Å². The van der Waals surface area contributed by atoms with Gasteiger partial charge in [0.1, 0.15) is 11.8 Å². The van der Waals surface area contributed by atoms with Gasteiger partial charge in [0.25, 0.3) is 0 Å². The lowest BCUT2D eigenvalue weighted by molar-refractivity contribution is 0.567. The molecule has 0 aliphatic heterocycles. The Kier molecular flexibility index (Phi) is 2.01. The summed E-state index contributed by atoms with van der Waals surface area (Å²) < 4.78 is 16.7. The molecule has 17 heavy (non-hydrogen) atoms. The van der Waals surface area contributed by atoms with E-state index in [4.69, 9.17) is 0 Å². The van der Waals surface area contributed by atoms with Crippen molar-refractivity contribution < 1.29 is 4.39 Å². The quantitative estimate of drug-likeness (QED) is 0.639. The van der Waals surface area contributed by atoms with Gasteiger partial charge < -0.3 is 0 Å². The van der Waals surface area contributed by atoms with Crippen molar-refractivity contribution >= 4 is 5.65 Å². The van der Waals surface area contributed by atoms with Gasteiger partial charge in [-0.2, -0.15) is 9.49 Å². The molecule has 3 aromatic heterocycles. The Hall–Kier alpha value is -2.17. The molecule has 0 spiro atoms. The maximum atomic E-state index is 13.5. The largest absolute Gasteiger partial charge is 0.275 e. The number of aromatic nitrogens is 4. The number of pyridine rings is 1. The normalized spacial score (nSPS) is 11.2. The topological polar surface area (TPSA) is 35.1 Å². The highest BCUT2D eigenvalue weighted by atomic mass is 19.1. The van der Waals surface area contributed by atoms with Gasteiger partial charge in [-0.05, 0) is 25.1 Å². The molecule has 0 aromatic carbocycles. The number of hydrogen-bond donors (Lipinski definition) is 0. The Morgan fingerprint density at radius 2 is 2.12 bits per heavy atom. The first-order valence-electron chi connectivity index (χ1n) is 5.22. The molecule has 0 aliphatic carbocycles. The molecule has 0 saturated heterocycles. The van der Waals surface area contributed by atoms with Gasteiger partial charge >= 0.3 is 0 Å². The van der Waals surface area contributed by atoms with Gasteiger partial charge in [-0.1, -0.05) is 0 Å². The molecular formula is C12H10FN4. The van der Waals surface area contributed by atoms with Crippen molar-refractivity contribution in [2.75, 3.05) is 0 Å². The molecule has 0 fully saturated rings. The summed E-state index contributed by atoms with van der Waals surface area (Å²) in [6.07, 6.45) is 4.18. The predicted octanol–water partition coefficient (Wildman–Crippen LogP) is 1.98. The minimum absolute atomic E-state index is 0.477. The number of imidazole rings is 1. The second kappa shape index (κ2) is 3.41. The van der Waals surface area contributed by atoms with Crippen LogP contribution in [0.2, 0.25) is 0 Å². The van der Waals surface area contributed by atoms with E-state index in [1.54, 1.807) is 10.7 Å². The van der Waals surface area contributed by atoms with E-state index < -0.39 is 5.95 Å². The lowest BCUT2D eigenvalue weighted by Gasteiger charge is -2.06. The summed E-state index contributed by atoms with van der Waals surface area (Å²) in [5.41, 5.74) is 3.04. The zero-order valence-corrected chi connectivity index (χ0v) is 9.48. The van der Waals surface area contributed by atoms with Crippen molar-refractivity contribution in [3.8, 4) is 11.3 Å². The molecule has 5 heteroatoms. The summed E-state index contributed by atoms with van der Waals surface area (Å²) in [4.78, 5) is 3.86. The van der Waals surface area contributed by atoms with E-state index in [-0.39, 0.29) is 0 Å². The van der Waals surface area contributed by atoms with Crippen LogP contribution in [0.1, 0.15) is 5.69 Å². The van der Waals surface area contributed by atoms with Gasteiger partial charge in [-0.25, -0.2) is 4.98 Å². The summed E-state index contributed by atoms with van der Waals surface area (Å²) in [5.74, 6) is -0.477. The van der Waals surface area contributed by atoms with Crippen LogP contribution >= 0.6 is 0 Å². The van der Waals surface area contributed by atoms with Crippen molar-refractivity contribution in [3.63, 3.8) is 0 Å². The van der Waals surface area contributed by atoms with Gasteiger partial charge in [-0.3, -0.25) is 9.08 Å². The second-order valence-corrected chi connectivity index (χ2v) is 3.92. The monoisotopic (exact) mass is 229 g/mol. The molecule has 3 aromatic rings. The third kappa shape index (κ3) is 1.43. The highest BCUT2D eigenvalue weighted by Gasteiger charge is 2.11. The Bertz CT molecular complexity index is 696. The maximum absolute atomic E-state index is 13.5. The van der Waals surface area contributed by atoms with E-state index in [1.165, 1.54) is 4.40 Å². The summed E-state index contributed by atoms with van der Waals surface area (Å²) in [7, 11) is 1.85. The van der Waals surface area contributed by atoms with Crippen LogP contribution < -0.4 is 0 Å². The van der Waals surface area contributed by atoms with Crippen LogP contribution in [-0.4, -0.2) is 19.2 Å². The summed E-state index contributed by atoms with van der Waals surface area (Å²) in [6.45, 7) is 1.84. The fraction of sp³-hybridized carbons (Fsp3) is 0.167. The molecule has 0 unspecified atom stereocenters. The van der Waals surface area contributed by atoms with E-state index in [2.05, 4.69) is 16.3 Å². The molecule has 0 bridgehead atoms. The van der Waals surface area contributed by atoms with Crippen LogP contribution in [0.5, 0.6) is 0 Å². The van der Waals surface area contributed by atoms with Crippen molar-refractivity contribution in [1.82, 2.24) is 19.2 Å². The Balaban J connectivity index is 2.30. The third-order valence-corrected chi connectivity index (χ3v) is 2.80. The third-order valence-electron chi connectivity index (χ3n) is 2.80. The SMILES string of the molecule is Cc1c(-c2ccn(C)n2)ccc2n[c]c(F)n12. The minimum atomic E-state index is -0.477. The molecule has 0 atom stereocenters. The highest BCUT2D eigenvalue weighted by molar-refractivity contribution is 5.64. The van der Waals surface area contributed by atoms with Crippen molar-refractivity contribution in [2.45, 2.75) is 6.92 Å². The van der Waals surface area contributed by atoms with E-state index in [0.717, 1.165) is 17.0 Å². The van der Waals surface area contributed by atoms with E-state index in [1.807, 2.05) is 32.3 Å². The fourth-order valence-corrected chi connectivity index (χ4v) is 1.96. The van der Waals surface area contributed by atoms with Crippen molar-refractivity contribution in [1.29, 1.82) is 0 Å². The Morgan fingerprint density at radius 3 is 2.82 bits per heavy atom. The average Bonchev–Trinajstić information content (AvgIpc) is 2.87. The number of fused-ring (bicyclic) bond motifs is 1. The molecule has 0 N–H and O–H groups in total. The lowest BCUT2D eigenvalue weighted by atomic mass is 10.1. The smallest absolute Gasteiger partial charge is 0.228 e. The molecule has 1 radical (unpaired) electrons. The van der Waals surface area contributed by atoms with Crippen molar-refractivity contribution in [2.24, 2.45) is 7.05 Å². The van der Waals surface area contributed by atoms with E-state index >= 15 is 0 Å². The van der Waals surface area contributed by atoms with Gasteiger partial charge in [0, 0.05) is 24.5 Å². The zero-order chi connectivity index (χ0) is 12.0. The Labute approximate surface area is 97.3 Å². The average molecular weight is 229 g/mol. The molecule has 0 amide bonds. The number of hydrogen-bond acceptors (Lipinski definition) is 2. The molecule has 85 valence electrons. The maximum Gasteiger partial charge on any atom is 0.228 e. The van der Waals surface area contributed by atoms with Crippen LogP contribution in [0.25, 0.3) is 16.9 Å². The standard InChI is InChI=1S/C12H10FN4/c1-8-9(10-5-6-16(2)15-10)3-4-12-14-7-11(13)17(8)12/h3-6H,1-2H3. The highest BCUT2D eigenvalue weighted by Crippen LogP contribution is 2.23. The van der Waals surface area contributed by atoms with Gasteiger partial charge in [0.05, 0.1) is 5.69 Å². The van der Waals surface area contributed by atoms with Crippen LogP contribution in [0.4, 0.5) is 4.39 Å². The number of aryl methyl sites for hydroxylation is 2. The first-order valence-corrected chi connectivity index (χ1v) is 5.22. The molecule has 3 rings (SSSR count). The fourth-order valence-electron chi connectivity index (χ4n) is 1.96. The lowest BCUT2D eigenvalue weighted by Crippen LogP contribution is -1.98. The Morgan fingerprint density at radius 1 is 1.29 bits per heavy atom. The van der Waals surface area contributed by atoms with Crippen LogP contribution in [0, 0.1) is 19.1 Å². The predicted molar refractivity (Wildman–Crippen MR) is 60.9 cm³/mol. The molecule has 0 aliphatic rings. The van der Waals surface area contributed by atoms with E-state index in [0.29, 0.717) is 5.65 Å². The van der Waals surface area contributed by atoms with Crippen LogP contribution in [0.15, 0.2) is 24.4 Å². The summed E-state index contributed by atoms with van der Waals surface area (Å²) in [6, 6.07) is 5.55. The molecule has 0 saturated carbocycles. The molecule has 4 nitrogen and oxygen atoms in total.